The van der Waals surface area contributed by atoms with Gasteiger partial charge in [-0.3, -0.25) is 9.88 Å². The first-order valence-electron chi connectivity index (χ1n) is 14.5. The summed E-state index contributed by atoms with van der Waals surface area (Å²) in [6, 6.07) is 4.23. The lowest BCUT2D eigenvalue weighted by Gasteiger charge is -2.38. The van der Waals surface area contributed by atoms with Crippen LogP contribution in [0.1, 0.15) is 56.6 Å². The topological polar surface area (TPSA) is 90.4 Å². The number of piperidine rings is 1. The van der Waals surface area contributed by atoms with E-state index in [-0.39, 0.29) is 22.8 Å². The van der Waals surface area contributed by atoms with Crippen molar-refractivity contribution in [3.63, 3.8) is 0 Å². The van der Waals surface area contributed by atoms with Gasteiger partial charge in [-0.2, -0.15) is 9.97 Å². The number of pyridine rings is 1. The zero-order valence-corrected chi connectivity index (χ0v) is 23.6. The summed E-state index contributed by atoms with van der Waals surface area (Å²) in [5.41, 5.74) is 3.40. The zero-order valence-electron chi connectivity index (χ0n) is 23.6. The first-order valence-corrected chi connectivity index (χ1v) is 14.5. The molecule has 0 aliphatic carbocycles. The van der Waals surface area contributed by atoms with Gasteiger partial charge in [-0.1, -0.05) is 0 Å². The molecule has 3 aliphatic heterocycles. The van der Waals surface area contributed by atoms with Crippen LogP contribution < -0.4 is 9.64 Å². The smallest absolute Gasteiger partial charge is 0.319 e. The molecule has 3 saturated heterocycles. The molecule has 7 rings (SSSR count). The number of hydrogen-bond acceptors (Lipinski definition) is 7. The molecule has 2 N–H and O–H groups in total. The van der Waals surface area contributed by atoms with Gasteiger partial charge in [-0.15, -0.1) is 0 Å². The van der Waals surface area contributed by atoms with Crippen molar-refractivity contribution in [3.8, 4) is 17.3 Å². The zero-order chi connectivity index (χ0) is 27.6. The number of hydrogen-bond donors (Lipinski definition) is 2. The summed E-state index contributed by atoms with van der Waals surface area (Å²) in [6.45, 7) is 9.69. The number of anilines is 1. The Kier molecular flexibility index (Phi) is 6.02. The van der Waals surface area contributed by atoms with Gasteiger partial charge in [-0.25, -0.2) is 4.39 Å². The maximum atomic E-state index is 16.6. The van der Waals surface area contributed by atoms with Crippen molar-refractivity contribution >= 4 is 27.6 Å². The summed E-state index contributed by atoms with van der Waals surface area (Å²) in [5, 5.41) is 12.3. The van der Waals surface area contributed by atoms with Crippen LogP contribution in [0, 0.1) is 19.7 Å². The Bertz CT molecular complexity index is 1600. The Balaban J connectivity index is 1.37. The SMILES string of the molecule is Cc1cc2[nH]ccc2c(-c2ncc3c(N4CCC[C@@](C)(O)C4)nc(OCC45CCCN4CCC5)nc3c2F)c1C. The van der Waals surface area contributed by atoms with Crippen LogP contribution in [0.3, 0.4) is 0 Å². The molecular formula is C31H37FN6O2. The number of H-pyrrole nitrogens is 1. The number of fused-ring (bicyclic) bond motifs is 3. The van der Waals surface area contributed by atoms with Crippen molar-refractivity contribution in [2.45, 2.75) is 70.4 Å². The van der Waals surface area contributed by atoms with Crippen LogP contribution in [0.15, 0.2) is 24.5 Å². The number of β-amino-alcohol motifs (C(OH)–C–C–N with tert-alkyl or cyclic N) is 1. The lowest BCUT2D eigenvalue weighted by Crippen LogP contribution is -2.46. The highest BCUT2D eigenvalue weighted by Gasteiger charge is 2.45. The monoisotopic (exact) mass is 544 g/mol. The number of aliphatic hydroxyl groups is 1. The molecule has 1 aromatic carbocycles. The normalized spacial score (nSPS) is 22.9. The second kappa shape index (κ2) is 9.38. The summed E-state index contributed by atoms with van der Waals surface area (Å²) < 4.78 is 23.0. The fourth-order valence-corrected chi connectivity index (χ4v) is 7.31. The standard InChI is InChI=1S/C31H37FN6O2/c1-19-15-23-21(7-11-33-23)24(20(19)2)27-25(32)26-22(16-34-27)28(37-12-4-8-30(3,39)17-37)36-29(35-26)40-18-31-9-5-13-38(31)14-6-10-31/h7,11,15-16,33,39H,4-6,8-10,12-14,17-18H2,1-3H3/t30-/m1/s1. The molecule has 3 aliphatic rings. The van der Waals surface area contributed by atoms with Gasteiger partial charge >= 0.3 is 6.01 Å². The van der Waals surface area contributed by atoms with Crippen molar-refractivity contribution in [2.24, 2.45) is 0 Å². The maximum Gasteiger partial charge on any atom is 0.319 e. The molecule has 3 fully saturated rings. The van der Waals surface area contributed by atoms with E-state index in [1.54, 1.807) is 6.20 Å². The first-order chi connectivity index (χ1) is 19.2. The molecule has 0 amide bonds. The summed E-state index contributed by atoms with van der Waals surface area (Å²) >= 11 is 0. The average molecular weight is 545 g/mol. The van der Waals surface area contributed by atoms with E-state index in [0.29, 0.717) is 37.3 Å². The molecule has 8 nitrogen and oxygen atoms in total. The minimum absolute atomic E-state index is 0.0216. The molecule has 6 heterocycles. The summed E-state index contributed by atoms with van der Waals surface area (Å²) in [6.07, 6.45) is 9.62. The van der Waals surface area contributed by atoms with Gasteiger partial charge in [0.1, 0.15) is 23.6 Å². The van der Waals surface area contributed by atoms with Crippen LogP contribution in [0.2, 0.25) is 0 Å². The van der Waals surface area contributed by atoms with E-state index in [1.165, 1.54) is 12.8 Å². The lowest BCUT2D eigenvalue weighted by atomic mass is 9.94. The molecule has 0 unspecified atom stereocenters. The maximum absolute atomic E-state index is 16.6. The van der Waals surface area contributed by atoms with Crippen molar-refractivity contribution < 1.29 is 14.2 Å². The Hall–Kier alpha value is -3.30. The molecule has 0 saturated carbocycles. The fourth-order valence-electron chi connectivity index (χ4n) is 7.31. The summed E-state index contributed by atoms with van der Waals surface area (Å²) in [4.78, 5) is 22.0. The quantitative estimate of drug-likeness (QED) is 0.353. The van der Waals surface area contributed by atoms with Crippen molar-refractivity contribution in [1.82, 2.24) is 24.8 Å². The van der Waals surface area contributed by atoms with Crippen LogP contribution in [0.5, 0.6) is 6.01 Å². The van der Waals surface area contributed by atoms with Crippen molar-refractivity contribution in [2.75, 3.05) is 37.7 Å². The predicted octanol–water partition coefficient (Wildman–Crippen LogP) is 5.29. The molecule has 0 bridgehead atoms. The molecule has 4 aromatic rings. The highest BCUT2D eigenvalue weighted by molar-refractivity contribution is 5.99. The van der Waals surface area contributed by atoms with Crippen molar-refractivity contribution in [3.05, 3.63) is 41.5 Å². The van der Waals surface area contributed by atoms with Crippen LogP contribution >= 0.6 is 0 Å². The van der Waals surface area contributed by atoms with Gasteiger partial charge in [0.05, 0.1) is 16.5 Å². The Labute approximate surface area is 233 Å². The Morgan fingerprint density at radius 2 is 1.85 bits per heavy atom. The van der Waals surface area contributed by atoms with E-state index in [2.05, 4.69) is 25.9 Å². The van der Waals surface area contributed by atoms with Crippen molar-refractivity contribution in [1.29, 1.82) is 0 Å². The number of ether oxygens (including phenoxy) is 1. The minimum atomic E-state index is -0.853. The van der Waals surface area contributed by atoms with E-state index in [1.807, 2.05) is 37.9 Å². The van der Waals surface area contributed by atoms with E-state index < -0.39 is 11.4 Å². The molecule has 9 heteroatoms. The minimum Gasteiger partial charge on any atom is -0.461 e. The van der Waals surface area contributed by atoms with Gasteiger partial charge < -0.3 is 19.7 Å². The number of nitrogens with one attached hydrogen (secondary N) is 1. The third-order valence-electron chi connectivity index (χ3n) is 9.51. The fraction of sp³-hybridized carbons (Fsp3) is 0.516. The highest BCUT2D eigenvalue weighted by Crippen LogP contribution is 2.41. The third kappa shape index (κ3) is 4.13. The number of rotatable bonds is 5. The van der Waals surface area contributed by atoms with Crippen LogP contribution in [0.25, 0.3) is 33.1 Å². The van der Waals surface area contributed by atoms with E-state index in [0.717, 1.165) is 59.9 Å². The van der Waals surface area contributed by atoms with E-state index in [4.69, 9.17) is 9.72 Å². The molecule has 1 atom stereocenters. The Morgan fingerprint density at radius 1 is 1.07 bits per heavy atom. The second-order valence-corrected chi connectivity index (χ2v) is 12.4. The number of aryl methyl sites for hydroxylation is 1. The van der Waals surface area contributed by atoms with Crippen LogP contribution in [-0.4, -0.2) is 73.9 Å². The highest BCUT2D eigenvalue weighted by atomic mass is 19.1. The lowest BCUT2D eigenvalue weighted by molar-refractivity contribution is 0.0447. The molecule has 0 spiro atoms. The Morgan fingerprint density at radius 3 is 2.62 bits per heavy atom. The molecule has 0 radical (unpaired) electrons. The van der Waals surface area contributed by atoms with Gasteiger partial charge in [-0.05, 0) is 95.6 Å². The number of nitrogens with zero attached hydrogens (tertiary/aromatic N) is 5. The molecular weight excluding hydrogens is 507 g/mol. The summed E-state index contributed by atoms with van der Waals surface area (Å²) in [5.74, 6) is 0.0883. The van der Waals surface area contributed by atoms with Crippen LogP contribution in [0.4, 0.5) is 10.2 Å². The van der Waals surface area contributed by atoms with Gasteiger partial charge in [0, 0.05) is 41.9 Å². The largest absolute Gasteiger partial charge is 0.461 e. The molecule has 210 valence electrons. The predicted molar refractivity (Wildman–Crippen MR) is 154 cm³/mol. The number of benzene rings is 1. The van der Waals surface area contributed by atoms with Gasteiger partial charge in [0.15, 0.2) is 5.82 Å². The number of aromatic amines is 1. The van der Waals surface area contributed by atoms with Crippen LogP contribution in [-0.2, 0) is 0 Å². The third-order valence-corrected chi connectivity index (χ3v) is 9.51. The van der Waals surface area contributed by atoms with Gasteiger partial charge in [0.2, 0.25) is 0 Å². The number of halogens is 1. The molecule has 3 aromatic heterocycles. The first kappa shape index (κ1) is 25.7. The molecule has 40 heavy (non-hydrogen) atoms. The van der Waals surface area contributed by atoms with Gasteiger partial charge in [0.25, 0.3) is 0 Å². The summed E-state index contributed by atoms with van der Waals surface area (Å²) in [7, 11) is 0. The second-order valence-electron chi connectivity index (χ2n) is 12.4. The average Bonchev–Trinajstić information content (AvgIpc) is 3.64. The van der Waals surface area contributed by atoms with E-state index in [9.17, 15) is 5.11 Å². The van der Waals surface area contributed by atoms with E-state index >= 15 is 4.39 Å². The number of aromatic nitrogens is 4.